The van der Waals surface area contributed by atoms with Crippen molar-refractivity contribution in [2.75, 3.05) is 6.54 Å². The molecule has 0 radical (unpaired) electrons. The fourth-order valence-corrected chi connectivity index (χ4v) is 1.89. The average molecular weight is 223 g/mol. The topological polar surface area (TPSA) is 29.9 Å². The van der Waals surface area contributed by atoms with Gasteiger partial charge in [0.05, 0.1) is 6.20 Å². The van der Waals surface area contributed by atoms with Gasteiger partial charge in [-0.1, -0.05) is 27.2 Å². The van der Waals surface area contributed by atoms with E-state index in [0.29, 0.717) is 5.92 Å². The van der Waals surface area contributed by atoms with E-state index in [2.05, 4.69) is 42.8 Å². The van der Waals surface area contributed by atoms with Crippen LogP contribution in [0.4, 0.5) is 0 Å². The summed E-state index contributed by atoms with van der Waals surface area (Å²) in [4.78, 5) is 0. The molecule has 0 bridgehead atoms. The Balaban J connectivity index is 2.60. The molecule has 1 rings (SSSR count). The maximum Gasteiger partial charge on any atom is 0.0537 e. The molecule has 3 nitrogen and oxygen atoms in total. The van der Waals surface area contributed by atoms with Crippen molar-refractivity contribution in [3.63, 3.8) is 0 Å². The quantitative estimate of drug-likeness (QED) is 0.770. The lowest BCUT2D eigenvalue weighted by atomic mass is 10.1. The predicted octanol–water partition coefficient (Wildman–Crippen LogP) is 2.60. The summed E-state index contributed by atoms with van der Waals surface area (Å²) < 4.78 is 2.12. The Kier molecular flexibility index (Phi) is 5.53. The zero-order chi connectivity index (χ0) is 12.0. The maximum absolute atomic E-state index is 4.43. The summed E-state index contributed by atoms with van der Waals surface area (Å²) in [5.41, 5.74) is 2.77. The first-order valence-electron chi connectivity index (χ1n) is 6.43. The van der Waals surface area contributed by atoms with Gasteiger partial charge in [0.2, 0.25) is 0 Å². The monoisotopic (exact) mass is 223 g/mol. The fraction of sp³-hybridized carbons (Fsp3) is 0.769. The van der Waals surface area contributed by atoms with Crippen LogP contribution < -0.4 is 5.32 Å². The van der Waals surface area contributed by atoms with Gasteiger partial charge in [-0.15, -0.1) is 0 Å². The highest BCUT2D eigenvalue weighted by Crippen LogP contribution is 2.11. The van der Waals surface area contributed by atoms with E-state index in [4.69, 9.17) is 0 Å². The normalized spacial score (nSPS) is 11.3. The van der Waals surface area contributed by atoms with Gasteiger partial charge < -0.3 is 5.32 Å². The molecule has 0 fully saturated rings. The molecule has 1 heterocycles. The second-order valence-corrected chi connectivity index (χ2v) is 4.71. The summed E-state index contributed by atoms with van der Waals surface area (Å²) >= 11 is 0. The van der Waals surface area contributed by atoms with E-state index in [9.17, 15) is 0 Å². The van der Waals surface area contributed by atoms with Gasteiger partial charge in [0.1, 0.15) is 0 Å². The minimum absolute atomic E-state index is 0.704. The van der Waals surface area contributed by atoms with Gasteiger partial charge in [-0.05, 0) is 25.8 Å². The van der Waals surface area contributed by atoms with Gasteiger partial charge in [-0.3, -0.25) is 4.68 Å². The lowest BCUT2D eigenvalue weighted by Crippen LogP contribution is -2.19. The van der Waals surface area contributed by atoms with E-state index in [1.807, 2.05) is 6.20 Å². The molecule has 0 unspecified atom stereocenters. The van der Waals surface area contributed by atoms with Gasteiger partial charge in [-0.25, -0.2) is 0 Å². The average Bonchev–Trinajstić information content (AvgIpc) is 2.61. The first kappa shape index (κ1) is 13.2. The van der Waals surface area contributed by atoms with Crippen molar-refractivity contribution in [2.24, 2.45) is 5.92 Å². The number of hydrogen-bond donors (Lipinski definition) is 1. The molecule has 0 aliphatic carbocycles. The third-order valence-corrected chi connectivity index (χ3v) is 2.69. The standard InChI is InChI=1S/C13H25N3/c1-5-7-13-12(9-14-8-11(3)4)10-15-16(13)6-2/h10-11,14H,5-9H2,1-4H3. The Morgan fingerprint density at radius 1 is 1.38 bits per heavy atom. The van der Waals surface area contributed by atoms with Crippen LogP contribution in [0.5, 0.6) is 0 Å². The Morgan fingerprint density at radius 2 is 2.12 bits per heavy atom. The molecule has 0 saturated heterocycles. The van der Waals surface area contributed by atoms with Crippen molar-refractivity contribution < 1.29 is 0 Å². The molecule has 1 aromatic heterocycles. The van der Waals surface area contributed by atoms with E-state index in [-0.39, 0.29) is 0 Å². The SMILES string of the molecule is CCCc1c(CNCC(C)C)cnn1CC. The lowest BCUT2D eigenvalue weighted by molar-refractivity contribution is 0.548. The molecule has 16 heavy (non-hydrogen) atoms. The second kappa shape index (κ2) is 6.69. The highest BCUT2D eigenvalue weighted by molar-refractivity contribution is 5.17. The van der Waals surface area contributed by atoms with Crippen LogP contribution in [0, 0.1) is 5.92 Å². The van der Waals surface area contributed by atoms with E-state index in [1.165, 1.54) is 17.7 Å². The second-order valence-electron chi connectivity index (χ2n) is 4.71. The zero-order valence-electron chi connectivity index (χ0n) is 11.1. The van der Waals surface area contributed by atoms with Crippen molar-refractivity contribution in [3.05, 3.63) is 17.5 Å². The summed E-state index contributed by atoms with van der Waals surface area (Å²) in [5.74, 6) is 0.704. The third kappa shape index (κ3) is 3.63. The molecule has 1 aromatic rings. The smallest absolute Gasteiger partial charge is 0.0537 e. The molecule has 0 spiro atoms. The van der Waals surface area contributed by atoms with Gasteiger partial charge in [-0.2, -0.15) is 5.10 Å². The Hall–Kier alpha value is -0.830. The van der Waals surface area contributed by atoms with Crippen LogP contribution >= 0.6 is 0 Å². The number of aromatic nitrogens is 2. The van der Waals surface area contributed by atoms with Crippen molar-refractivity contribution in [2.45, 2.75) is 53.6 Å². The van der Waals surface area contributed by atoms with E-state index < -0.39 is 0 Å². The highest BCUT2D eigenvalue weighted by Gasteiger charge is 2.08. The molecular weight excluding hydrogens is 198 g/mol. The van der Waals surface area contributed by atoms with Gasteiger partial charge in [0.15, 0.2) is 0 Å². The van der Waals surface area contributed by atoms with Crippen molar-refractivity contribution in [3.8, 4) is 0 Å². The van der Waals surface area contributed by atoms with Crippen LogP contribution in [0.3, 0.4) is 0 Å². The number of aryl methyl sites for hydroxylation is 1. The summed E-state index contributed by atoms with van der Waals surface area (Å²) in [5, 5.41) is 7.91. The van der Waals surface area contributed by atoms with Gasteiger partial charge in [0, 0.05) is 24.3 Å². The van der Waals surface area contributed by atoms with Crippen molar-refractivity contribution in [1.82, 2.24) is 15.1 Å². The minimum Gasteiger partial charge on any atom is -0.312 e. The molecule has 3 heteroatoms. The van der Waals surface area contributed by atoms with Gasteiger partial charge in [0.25, 0.3) is 0 Å². The lowest BCUT2D eigenvalue weighted by Gasteiger charge is -2.09. The molecule has 0 amide bonds. The Bertz CT molecular complexity index is 302. The van der Waals surface area contributed by atoms with Crippen LogP contribution in [-0.4, -0.2) is 16.3 Å². The Labute approximate surface area is 99.2 Å². The number of nitrogens with one attached hydrogen (secondary N) is 1. The van der Waals surface area contributed by atoms with Crippen LogP contribution in [0.1, 0.15) is 45.4 Å². The maximum atomic E-state index is 4.43. The van der Waals surface area contributed by atoms with E-state index in [1.54, 1.807) is 0 Å². The molecule has 0 aromatic carbocycles. The van der Waals surface area contributed by atoms with Crippen LogP contribution in [0.2, 0.25) is 0 Å². The van der Waals surface area contributed by atoms with Crippen LogP contribution in [0.25, 0.3) is 0 Å². The molecular formula is C13H25N3. The summed E-state index contributed by atoms with van der Waals surface area (Å²) in [6, 6.07) is 0. The first-order valence-corrected chi connectivity index (χ1v) is 6.43. The summed E-state index contributed by atoms with van der Waals surface area (Å²) in [6.07, 6.45) is 4.33. The third-order valence-electron chi connectivity index (χ3n) is 2.69. The van der Waals surface area contributed by atoms with E-state index in [0.717, 1.165) is 26.1 Å². The number of nitrogens with zero attached hydrogens (tertiary/aromatic N) is 2. The molecule has 1 N–H and O–H groups in total. The number of hydrogen-bond acceptors (Lipinski definition) is 2. The van der Waals surface area contributed by atoms with Crippen molar-refractivity contribution >= 4 is 0 Å². The zero-order valence-corrected chi connectivity index (χ0v) is 11.1. The largest absolute Gasteiger partial charge is 0.312 e. The number of rotatable bonds is 7. The fourth-order valence-electron chi connectivity index (χ4n) is 1.89. The summed E-state index contributed by atoms with van der Waals surface area (Å²) in [7, 11) is 0. The van der Waals surface area contributed by atoms with Gasteiger partial charge >= 0.3 is 0 Å². The highest BCUT2D eigenvalue weighted by atomic mass is 15.3. The minimum atomic E-state index is 0.704. The molecule has 0 saturated carbocycles. The molecule has 0 atom stereocenters. The van der Waals surface area contributed by atoms with Crippen LogP contribution in [-0.2, 0) is 19.5 Å². The Morgan fingerprint density at radius 3 is 2.69 bits per heavy atom. The summed E-state index contributed by atoms with van der Waals surface area (Å²) in [6.45, 7) is 11.8. The predicted molar refractivity (Wildman–Crippen MR) is 68.4 cm³/mol. The molecule has 92 valence electrons. The van der Waals surface area contributed by atoms with Crippen LogP contribution in [0.15, 0.2) is 6.20 Å². The van der Waals surface area contributed by atoms with Crippen molar-refractivity contribution in [1.29, 1.82) is 0 Å². The van der Waals surface area contributed by atoms with E-state index >= 15 is 0 Å². The molecule has 0 aliphatic heterocycles. The first-order chi connectivity index (χ1) is 7.69. The molecule has 0 aliphatic rings.